The Hall–Kier alpha value is -1.32. The summed E-state index contributed by atoms with van der Waals surface area (Å²) >= 11 is 0. The van der Waals surface area contributed by atoms with Crippen LogP contribution >= 0.6 is 0 Å². The molecular formula is C11H14N2O. The lowest BCUT2D eigenvalue weighted by atomic mass is 9.76. The van der Waals surface area contributed by atoms with E-state index in [0.29, 0.717) is 6.42 Å². The van der Waals surface area contributed by atoms with E-state index in [2.05, 4.69) is 12.1 Å². The van der Waals surface area contributed by atoms with Gasteiger partial charge in [0.25, 0.3) is 0 Å². The highest BCUT2D eigenvalue weighted by molar-refractivity contribution is 5.37. The molecule has 0 aromatic heterocycles. The predicted octanol–water partition coefficient (Wildman–Crippen LogP) is 1.76. The molecule has 0 radical (unpaired) electrons. The first-order valence-electron chi connectivity index (χ1n) is 4.77. The molecule has 0 heterocycles. The van der Waals surface area contributed by atoms with Crippen LogP contribution in [0.15, 0.2) is 11.1 Å². The van der Waals surface area contributed by atoms with Gasteiger partial charge in [0.15, 0.2) is 5.41 Å². The predicted molar refractivity (Wildman–Crippen MR) is 51.8 cm³/mol. The van der Waals surface area contributed by atoms with E-state index in [1.807, 2.05) is 13.8 Å². The lowest BCUT2D eigenvalue weighted by molar-refractivity contribution is 0.291. The highest BCUT2D eigenvalue weighted by Gasteiger charge is 2.46. The second kappa shape index (κ2) is 3.82. The van der Waals surface area contributed by atoms with Crippen molar-refractivity contribution >= 4 is 0 Å². The summed E-state index contributed by atoms with van der Waals surface area (Å²) in [6, 6.07) is 4.22. The average molecular weight is 190 g/mol. The Morgan fingerprint density at radius 2 is 2.07 bits per heavy atom. The van der Waals surface area contributed by atoms with E-state index in [-0.39, 0.29) is 12.5 Å². The summed E-state index contributed by atoms with van der Waals surface area (Å²) in [5, 5.41) is 27.3. The maximum atomic E-state index is 9.18. The molecule has 1 rings (SSSR count). The van der Waals surface area contributed by atoms with Gasteiger partial charge < -0.3 is 5.11 Å². The van der Waals surface area contributed by atoms with E-state index >= 15 is 0 Å². The molecule has 0 spiro atoms. The summed E-state index contributed by atoms with van der Waals surface area (Å²) in [6.07, 6.45) is 1.21. The van der Waals surface area contributed by atoms with Gasteiger partial charge in [0.1, 0.15) is 0 Å². The number of aliphatic hydroxyl groups excluding tert-OH is 1. The van der Waals surface area contributed by atoms with Crippen LogP contribution in [0.1, 0.15) is 26.7 Å². The fourth-order valence-electron chi connectivity index (χ4n) is 2.35. The van der Waals surface area contributed by atoms with Gasteiger partial charge in [-0.15, -0.1) is 0 Å². The van der Waals surface area contributed by atoms with Crippen molar-refractivity contribution < 1.29 is 5.11 Å². The second-order valence-electron chi connectivity index (χ2n) is 3.80. The summed E-state index contributed by atoms with van der Waals surface area (Å²) in [5.74, 6) is -0.0949. The van der Waals surface area contributed by atoms with Crippen LogP contribution < -0.4 is 0 Å². The third-order valence-electron chi connectivity index (χ3n) is 3.09. The van der Waals surface area contributed by atoms with Gasteiger partial charge in [0, 0.05) is 12.3 Å². The lowest BCUT2D eigenvalue weighted by Crippen LogP contribution is -2.24. The van der Waals surface area contributed by atoms with E-state index in [9.17, 15) is 5.11 Å². The standard InChI is InChI=1S/C11H14N2O/c1-3-10-9(5-14)8(2)4-11(10,6-12)7-13/h10,14H,3-5H2,1-2H3/t10-/m1/s1. The first-order chi connectivity index (χ1) is 6.65. The molecule has 0 amide bonds. The van der Waals surface area contributed by atoms with Gasteiger partial charge in [-0.25, -0.2) is 0 Å². The monoisotopic (exact) mass is 190 g/mol. The van der Waals surface area contributed by atoms with Crippen molar-refractivity contribution in [2.24, 2.45) is 11.3 Å². The quantitative estimate of drug-likeness (QED) is 0.674. The third-order valence-corrected chi connectivity index (χ3v) is 3.09. The minimum atomic E-state index is -0.934. The third kappa shape index (κ3) is 1.31. The highest BCUT2D eigenvalue weighted by Crippen LogP contribution is 2.47. The topological polar surface area (TPSA) is 67.8 Å². The molecule has 14 heavy (non-hydrogen) atoms. The van der Waals surface area contributed by atoms with Gasteiger partial charge in [-0.05, 0) is 18.9 Å². The van der Waals surface area contributed by atoms with Crippen molar-refractivity contribution in [2.75, 3.05) is 6.61 Å². The number of hydrogen-bond acceptors (Lipinski definition) is 3. The van der Waals surface area contributed by atoms with E-state index in [1.165, 1.54) is 0 Å². The van der Waals surface area contributed by atoms with Crippen molar-refractivity contribution in [3.8, 4) is 12.1 Å². The van der Waals surface area contributed by atoms with Crippen molar-refractivity contribution in [2.45, 2.75) is 26.7 Å². The van der Waals surface area contributed by atoms with E-state index in [1.54, 1.807) is 0 Å². The molecule has 0 aliphatic heterocycles. The zero-order valence-electron chi connectivity index (χ0n) is 8.54. The smallest absolute Gasteiger partial charge is 0.154 e. The molecule has 1 N–H and O–H groups in total. The maximum Gasteiger partial charge on any atom is 0.154 e. The Morgan fingerprint density at radius 1 is 1.50 bits per heavy atom. The van der Waals surface area contributed by atoms with Crippen LogP contribution in [-0.4, -0.2) is 11.7 Å². The summed E-state index contributed by atoms with van der Waals surface area (Å²) in [7, 11) is 0. The van der Waals surface area contributed by atoms with Crippen LogP contribution in [0.25, 0.3) is 0 Å². The molecular weight excluding hydrogens is 176 g/mol. The van der Waals surface area contributed by atoms with Gasteiger partial charge in [-0.2, -0.15) is 10.5 Å². The fourth-order valence-corrected chi connectivity index (χ4v) is 2.35. The second-order valence-corrected chi connectivity index (χ2v) is 3.80. The van der Waals surface area contributed by atoms with Crippen LogP contribution in [0.4, 0.5) is 0 Å². The normalized spacial score (nSPS) is 24.5. The fraction of sp³-hybridized carbons (Fsp3) is 0.636. The molecule has 1 atom stereocenters. The molecule has 1 aliphatic carbocycles. The van der Waals surface area contributed by atoms with Crippen molar-refractivity contribution in [3.63, 3.8) is 0 Å². The zero-order valence-corrected chi connectivity index (χ0v) is 8.54. The number of allylic oxidation sites excluding steroid dienone is 1. The Labute approximate surface area is 84.3 Å². The number of hydrogen-bond donors (Lipinski definition) is 1. The van der Waals surface area contributed by atoms with Crippen molar-refractivity contribution in [3.05, 3.63) is 11.1 Å². The number of nitrogens with zero attached hydrogens (tertiary/aromatic N) is 2. The molecule has 0 unspecified atom stereocenters. The van der Waals surface area contributed by atoms with Crippen LogP contribution in [0, 0.1) is 34.0 Å². The summed E-state index contributed by atoms with van der Waals surface area (Å²) in [6.45, 7) is 3.81. The number of nitriles is 2. The molecule has 0 aromatic rings. The molecule has 3 nitrogen and oxygen atoms in total. The molecule has 0 aromatic carbocycles. The number of aliphatic hydroxyl groups is 1. The average Bonchev–Trinajstić information content (AvgIpc) is 2.50. The Balaban J connectivity index is 3.13. The Kier molecular flexibility index (Phi) is 2.93. The molecule has 0 bridgehead atoms. The zero-order chi connectivity index (χ0) is 10.8. The van der Waals surface area contributed by atoms with Crippen LogP contribution in [0.3, 0.4) is 0 Å². The first-order valence-corrected chi connectivity index (χ1v) is 4.77. The SMILES string of the molecule is CC[C@@H]1C(CO)=C(C)CC1(C#N)C#N. The van der Waals surface area contributed by atoms with E-state index < -0.39 is 5.41 Å². The Bertz CT molecular complexity index is 329. The maximum absolute atomic E-state index is 9.18. The summed E-state index contributed by atoms with van der Waals surface area (Å²) in [5.41, 5.74) is 0.953. The minimum Gasteiger partial charge on any atom is -0.392 e. The largest absolute Gasteiger partial charge is 0.392 e. The minimum absolute atomic E-state index is 0.0323. The van der Waals surface area contributed by atoms with Gasteiger partial charge in [-0.3, -0.25) is 0 Å². The van der Waals surface area contributed by atoms with Gasteiger partial charge in [0.2, 0.25) is 0 Å². The molecule has 0 saturated heterocycles. The molecule has 74 valence electrons. The number of rotatable bonds is 2. The van der Waals surface area contributed by atoms with Crippen molar-refractivity contribution in [1.82, 2.24) is 0 Å². The summed E-state index contributed by atoms with van der Waals surface area (Å²) < 4.78 is 0. The highest BCUT2D eigenvalue weighted by atomic mass is 16.3. The van der Waals surface area contributed by atoms with Crippen molar-refractivity contribution in [1.29, 1.82) is 10.5 Å². The Morgan fingerprint density at radius 3 is 2.43 bits per heavy atom. The molecule has 0 saturated carbocycles. The van der Waals surface area contributed by atoms with Crippen LogP contribution in [0.2, 0.25) is 0 Å². The summed E-state index contributed by atoms with van der Waals surface area (Å²) in [4.78, 5) is 0. The molecule has 3 heteroatoms. The first kappa shape index (κ1) is 10.8. The molecule has 1 aliphatic rings. The van der Waals surface area contributed by atoms with Gasteiger partial charge in [0.05, 0.1) is 18.7 Å². The van der Waals surface area contributed by atoms with Crippen LogP contribution in [-0.2, 0) is 0 Å². The lowest BCUT2D eigenvalue weighted by Gasteiger charge is -2.21. The van der Waals surface area contributed by atoms with Gasteiger partial charge in [-0.1, -0.05) is 12.5 Å². The van der Waals surface area contributed by atoms with Crippen LogP contribution in [0.5, 0.6) is 0 Å². The van der Waals surface area contributed by atoms with Gasteiger partial charge >= 0.3 is 0 Å². The van der Waals surface area contributed by atoms with E-state index in [0.717, 1.165) is 17.6 Å². The molecule has 0 fully saturated rings. The van der Waals surface area contributed by atoms with E-state index in [4.69, 9.17) is 10.5 Å².